The van der Waals surface area contributed by atoms with Crippen LogP contribution in [0.3, 0.4) is 0 Å². The lowest BCUT2D eigenvalue weighted by molar-refractivity contribution is -0.0955. The molecule has 2 rings (SSSR count). The number of thiophene rings is 1. The molecule has 1 unspecified atom stereocenters. The van der Waals surface area contributed by atoms with Crippen molar-refractivity contribution in [3.8, 4) is 0 Å². The van der Waals surface area contributed by atoms with Gasteiger partial charge in [-0.25, -0.2) is 4.98 Å². The highest BCUT2D eigenvalue weighted by Crippen LogP contribution is 2.40. The summed E-state index contributed by atoms with van der Waals surface area (Å²) >= 11 is 7.75. The zero-order chi connectivity index (χ0) is 16.3. The molecule has 4 nitrogen and oxygen atoms in total. The van der Waals surface area contributed by atoms with E-state index in [1.54, 1.807) is 6.26 Å². The number of aliphatic hydroxyl groups excluding tert-OH is 1. The first-order chi connectivity index (χ1) is 10.5. The second-order valence-corrected chi connectivity index (χ2v) is 6.17. The van der Waals surface area contributed by atoms with E-state index in [9.17, 15) is 5.11 Å². The van der Waals surface area contributed by atoms with Crippen LogP contribution in [0.1, 0.15) is 41.8 Å². The minimum atomic E-state index is -0.982. The van der Waals surface area contributed by atoms with Crippen LogP contribution in [-0.4, -0.2) is 23.3 Å². The van der Waals surface area contributed by atoms with Crippen LogP contribution in [-0.2, 0) is 9.47 Å². The smallest absolute Gasteiger partial charge is 0.191 e. The van der Waals surface area contributed by atoms with Crippen molar-refractivity contribution in [3.63, 3.8) is 0 Å². The number of hydrogen-bond donors (Lipinski definition) is 1. The predicted molar refractivity (Wildman–Crippen MR) is 91.3 cm³/mol. The Kier molecular flexibility index (Phi) is 5.81. The molecule has 1 atom stereocenters. The summed E-state index contributed by atoms with van der Waals surface area (Å²) < 4.78 is 10.6. The molecule has 0 spiro atoms. The molecule has 0 radical (unpaired) electrons. The highest BCUT2D eigenvalue weighted by Gasteiger charge is 2.21. The molecular weight excluding hydrogens is 322 g/mol. The molecule has 0 saturated heterocycles. The number of halogens is 1. The summed E-state index contributed by atoms with van der Waals surface area (Å²) in [6.07, 6.45) is 2.47. The Labute approximate surface area is 139 Å². The van der Waals surface area contributed by atoms with Crippen LogP contribution in [0.5, 0.6) is 0 Å². The summed E-state index contributed by atoms with van der Waals surface area (Å²) in [6, 6.07) is 0. The van der Waals surface area contributed by atoms with Gasteiger partial charge in [0.2, 0.25) is 0 Å². The molecule has 0 aromatic carbocycles. The molecular formula is C16H20ClNO3S. The first-order valence-corrected chi connectivity index (χ1v) is 8.37. The van der Waals surface area contributed by atoms with Gasteiger partial charge in [-0.2, -0.15) is 0 Å². The van der Waals surface area contributed by atoms with Crippen molar-refractivity contribution < 1.29 is 14.6 Å². The van der Waals surface area contributed by atoms with Crippen LogP contribution in [0.25, 0.3) is 16.3 Å². The maximum Gasteiger partial charge on any atom is 0.191 e. The molecule has 0 bridgehead atoms. The number of aryl methyl sites for hydroxylation is 2. The molecule has 0 saturated carbocycles. The summed E-state index contributed by atoms with van der Waals surface area (Å²) in [5, 5.41) is 11.8. The predicted octanol–water partition coefficient (Wildman–Crippen LogP) is 4.60. The molecule has 0 aliphatic carbocycles. The summed E-state index contributed by atoms with van der Waals surface area (Å²) in [7, 11) is 0. The van der Waals surface area contributed by atoms with E-state index in [1.807, 2.05) is 33.8 Å². The van der Waals surface area contributed by atoms with E-state index in [0.717, 1.165) is 27.0 Å². The Bertz CT molecular complexity index is 696. The molecule has 0 aliphatic heterocycles. The van der Waals surface area contributed by atoms with Gasteiger partial charge < -0.3 is 14.6 Å². The molecule has 0 fully saturated rings. The third-order valence-electron chi connectivity index (χ3n) is 3.29. The number of fused-ring (bicyclic) bond motifs is 1. The summed E-state index contributed by atoms with van der Waals surface area (Å²) in [6.45, 7) is 8.61. The average molecular weight is 342 g/mol. The van der Waals surface area contributed by atoms with Crippen molar-refractivity contribution in [2.24, 2.45) is 0 Å². The Morgan fingerprint density at radius 1 is 1.32 bits per heavy atom. The van der Waals surface area contributed by atoms with E-state index >= 15 is 0 Å². The minimum Gasteiger partial charge on any atom is -0.501 e. The van der Waals surface area contributed by atoms with Crippen LogP contribution >= 0.6 is 22.9 Å². The third kappa shape index (κ3) is 3.27. The van der Waals surface area contributed by atoms with Gasteiger partial charge in [0, 0.05) is 17.6 Å². The maximum atomic E-state index is 10.2. The third-order valence-corrected chi connectivity index (χ3v) is 4.98. The van der Waals surface area contributed by atoms with E-state index in [0.29, 0.717) is 23.1 Å². The summed E-state index contributed by atoms with van der Waals surface area (Å²) in [5.74, 6) is 0. The molecule has 0 aliphatic rings. The fourth-order valence-electron chi connectivity index (χ4n) is 2.27. The van der Waals surface area contributed by atoms with Gasteiger partial charge in [-0.1, -0.05) is 11.6 Å². The Balaban J connectivity index is 2.67. The van der Waals surface area contributed by atoms with Gasteiger partial charge in [-0.3, -0.25) is 0 Å². The van der Waals surface area contributed by atoms with Gasteiger partial charge >= 0.3 is 0 Å². The van der Waals surface area contributed by atoms with Gasteiger partial charge in [-0.05, 0) is 39.3 Å². The first kappa shape index (κ1) is 17.2. The zero-order valence-electron chi connectivity index (χ0n) is 13.1. The number of ether oxygens (including phenoxy) is 2. The number of pyridine rings is 1. The van der Waals surface area contributed by atoms with Crippen LogP contribution in [0.15, 0.2) is 6.26 Å². The van der Waals surface area contributed by atoms with E-state index in [2.05, 4.69) is 4.98 Å². The molecule has 0 amide bonds. The molecule has 120 valence electrons. The average Bonchev–Trinajstić information content (AvgIpc) is 2.84. The van der Waals surface area contributed by atoms with Gasteiger partial charge in [-0.15, -0.1) is 11.3 Å². The standard InChI is InChI=1S/C16H20ClNO3S/c1-5-20-8-7-11-12-9(3)13(17)10(4)18-15(12)22-14(11)16(19)21-6-2/h7-8,16,19H,5-6H2,1-4H3/b8-7+. The van der Waals surface area contributed by atoms with Gasteiger partial charge in [0.05, 0.1) is 28.5 Å². The van der Waals surface area contributed by atoms with Crippen molar-refractivity contribution in [2.75, 3.05) is 13.2 Å². The molecule has 6 heteroatoms. The number of aromatic nitrogens is 1. The number of hydrogen-bond acceptors (Lipinski definition) is 5. The number of aliphatic hydroxyl groups is 1. The lowest BCUT2D eigenvalue weighted by Gasteiger charge is -2.10. The molecule has 1 N–H and O–H groups in total. The highest BCUT2D eigenvalue weighted by molar-refractivity contribution is 7.19. The quantitative estimate of drug-likeness (QED) is 0.616. The lowest BCUT2D eigenvalue weighted by Crippen LogP contribution is -2.02. The Morgan fingerprint density at radius 3 is 2.68 bits per heavy atom. The van der Waals surface area contributed by atoms with Crippen molar-refractivity contribution in [1.29, 1.82) is 0 Å². The maximum absolute atomic E-state index is 10.2. The second-order valence-electron chi connectivity index (χ2n) is 4.76. The normalized spacial score (nSPS) is 13.2. The van der Waals surface area contributed by atoms with Crippen molar-refractivity contribution in [2.45, 2.75) is 34.0 Å². The van der Waals surface area contributed by atoms with Crippen molar-refractivity contribution in [1.82, 2.24) is 4.98 Å². The number of rotatable bonds is 6. The van der Waals surface area contributed by atoms with Gasteiger partial charge in [0.15, 0.2) is 6.29 Å². The van der Waals surface area contributed by atoms with Gasteiger partial charge in [0.25, 0.3) is 0 Å². The Hall–Kier alpha value is -1.14. The van der Waals surface area contributed by atoms with Gasteiger partial charge in [0.1, 0.15) is 4.83 Å². The van der Waals surface area contributed by atoms with Crippen LogP contribution in [0.4, 0.5) is 0 Å². The topological polar surface area (TPSA) is 51.6 Å². The highest BCUT2D eigenvalue weighted by atomic mass is 35.5. The van der Waals surface area contributed by atoms with Crippen LogP contribution < -0.4 is 0 Å². The van der Waals surface area contributed by atoms with E-state index in [4.69, 9.17) is 21.1 Å². The zero-order valence-corrected chi connectivity index (χ0v) is 14.7. The molecule has 2 aromatic rings. The number of nitrogens with zero attached hydrogens (tertiary/aromatic N) is 1. The summed E-state index contributed by atoms with van der Waals surface area (Å²) in [4.78, 5) is 6.08. The van der Waals surface area contributed by atoms with E-state index < -0.39 is 6.29 Å². The summed E-state index contributed by atoms with van der Waals surface area (Å²) in [5.41, 5.74) is 2.58. The second kappa shape index (κ2) is 7.42. The monoisotopic (exact) mass is 341 g/mol. The van der Waals surface area contributed by atoms with Crippen molar-refractivity contribution in [3.05, 3.63) is 33.0 Å². The van der Waals surface area contributed by atoms with Crippen LogP contribution in [0, 0.1) is 13.8 Å². The minimum absolute atomic E-state index is 0.427. The lowest BCUT2D eigenvalue weighted by atomic mass is 10.1. The fraction of sp³-hybridized carbons (Fsp3) is 0.438. The largest absolute Gasteiger partial charge is 0.501 e. The first-order valence-electron chi connectivity index (χ1n) is 7.18. The van der Waals surface area contributed by atoms with Crippen LogP contribution in [0.2, 0.25) is 5.02 Å². The van der Waals surface area contributed by atoms with E-state index in [1.165, 1.54) is 11.3 Å². The van der Waals surface area contributed by atoms with Crippen molar-refractivity contribution >= 4 is 39.2 Å². The molecule has 22 heavy (non-hydrogen) atoms. The molecule has 2 heterocycles. The Morgan fingerprint density at radius 2 is 2.05 bits per heavy atom. The fourth-order valence-corrected chi connectivity index (χ4v) is 3.61. The SMILES string of the molecule is CCO/C=C/c1c(C(O)OCC)sc2nc(C)c(Cl)c(C)c12. The molecule has 2 aromatic heterocycles. The van der Waals surface area contributed by atoms with E-state index in [-0.39, 0.29) is 0 Å².